The second-order valence-corrected chi connectivity index (χ2v) is 3.32. The Hall–Kier alpha value is -2.03. The van der Waals surface area contributed by atoms with Crippen LogP contribution in [0, 0.1) is 0 Å². The molecule has 19 heavy (non-hydrogen) atoms. The lowest BCUT2D eigenvalue weighted by Crippen LogP contribution is -2.24. The number of nitrogens with one attached hydrogen (secondary N) is 1. The van der Waals surface area contributed by atoms with Crippen molar-refractivity contribution < 1.29 is 27.4 Å². The Morgan fingerprint density at radius 2 is 2.11 bits per heavy atom. The van der Waals surface area contributed by atoms with Gasteiger partial charge in [0.15, 0.2) is 5.75 Å². The Bertz CT molecular complexity index is 524. The minimum absolute atomic E-state index is 0.0482. The van der Waals surface area contributed by atoms with Crippen LogP contribution in [0.5, 0.6) is 5.75 Å². The van der Waals surface area contributed by atoms with E-state index < -0.39 is 29.2 Å². The predicted molar refractivity (Wildman–Crippen MR) is 57.6 cm³/mol. The van der Waals surface area contributed by atoms with E-state index in [4.69, 9.17) is 5.73 Å². The topological polar surface area (TPSA) is 94.4 Å². The minimum atomic E-state index is -5.04. The molecule has 1 rings (SSSR count). The van der Waals surface area contributed by atoms with Crippen LogP contribution in [0.2, 0.25) is 0 Å². The molecule has 0 amide bonds. The molecule has 1 aromatic heterocycles. The molecule has 0 saturated carbocycles. The molecular formula is C10H11F3N2O4. The number of pyridine rings is 1. The molecule has 0 aliphatic rings. The van der Waals surface area contributed by atoms with Crippen molar-refractivity contribution in [3.63, 3.8) is 0 Å². The van der Waals surface area contributed by atoms with Gasteiger partial charge in [-0.15, -0.1) is 13.2 Å². The van der Waals surface area contributed by atoms with Crippen molar-refractivity contribution in [2.75, 3.05) is 6.61 Å². The summed E-state index contributed by atoms with van der Waals surface area (Å²) in [5.74, 6) is -1.99. The molecule has 0 bridgehead atoms. The Morgan fingerprint density at radius 3 is 2.58 bits per heavy atom. The van der Waals surface area contributed by atoms with Crippen molar-refractivity contribution in [2.45, 2.75) is 19.8 Å². The zero-order valence-electron chi connectivity index (χ0n) is 9.84. The highest BCUT2D eigenvalue weighted by Crippen LogP contribution is 2.27. The molecule has 0 spiro atoms. The fraction of sp³-hybridized carbons (Fsp3) is 0.400. The highest BCUT2D eigenvalue weighted by Gasteiger charge is 2.34. The second-order valence-electron chi connectivity index (χ2n) is 3.32. The van der Waals surface area contributed by atoms with E-state index in [9.17, 15) is 22.8 Å². The third-order valence-corrected chi connectivity index (χ3v) is 1.99. The number of hydrogen-bond acceptors (Lipinski definition) is 5. The summed E-state index contributed by atoms with van der Waals surface area (Å²) in [6.45, 7) is 1.09. The molecule has 1 aromatic rings. The molecule has 0 atom stereocenters. The SMILES string of the molecule is CCOC(=O)c1c(OC(F)(F)F)cc(=O)[nH]c1CN. The quantitative estimate of drug-likeness (QED) is 0.799. The van der Waals surface area contributed by atoms with Gasteiger partial charge in [-0.2, -0.15) is 0 Å². The zero-order chi connectivity index (χ0) is 14.6. The molecule has 0 unspecified atom stereocenters. The van der Waals surface area contributed by atoms with Crippen LogP contribution in [0.3, 0.4) is 0 Å². The maximum absolute atomic E-state index is 12.2. The average Bonchev–Trinajstić information content (AvgIpc) is 2.25. The number of esters is 1. The third kappa shape index (κ3) is 3.98. The molecule has 1 heterocycles. The van der Waals surface area contributed by atoms with Crippen molar-refractivity contribution in [3.8, 4) is 5.75 Å². The first-order valence-corrected chi connectivity index (χ1v) is 5.17. The molecule has 0 saturated heterocycles. The number of halogens is 3. The molecule has 106 valence electrons. The van der Waals surface area contributed by atoms with Gasteiger partial charge in [-0.3, -0.25) is 4.79 Å². The summed E-state index contributed by atoms with van der Waals surface area (Å²) < 4.78 is 44.9. The lowest BCUT2D eigenvalue weighted by molar-refractivity contribution is -0.274. The Kier molecular flexibility index (Phi) is 4.54. The first kappa shape index (κ1) is 15.0. The number of aromatic amines is 1. The zero-order valence-corrected chi connectivity index (χ0v) is 9.84. The van der Waals surface area contributed by atoms with Gasteiger partial charge in [0.25, 0.3) is 5.56 Å². The number of carbonyl (C=O) groups is 1. The summed E-state index contributed by atoms with van der Waals surface area (Å²) in [6.07, 6.45) is -5.04. The normalized spacial score (nSPS) is 11.2. The number of carbonyl (C=O) groups excluding carboxylic acids is 1. The van der Waals surface area contributed by atoms with E-state index in [1.54, 1.807) is 0 Å². The van der Waals surface area contributed by atoms with E-state index in [0.717, 1.165) is 0 Å². The molecule has 6 nitrogen and oxygen atoms in total. The standard InChI is InChI=1S/C10H11F3N2O4/c1-2-18-9(17)8-5(4-14)15-7(16)3-6(8)19-10(11,12)13/h3H,2,4,14H2,1H3,(H,15,16). The number of nitrogens with two attached hydrogens (primary N) is 1. The van der Waals surface area contributed by atoms with Crippen LogP contribution in [-0.2, 0) is 11.3 Å². The molecule has 3 N–H and O–H groups in total. The van der Waals surface area contributed by atoms with Crippen LogP contribution in [0.25, 0.3) is 0 Å². The van der Waals surface area contributed by atoms with Gasteiger partial charge < -0.3 is 20.2 Å². The fourth-order valence-electron chi connectivity index (χ4n) is 1.37. The summed E-state index contributed by atoms with van der Waals surface area (Å²) in [7, 11) is 0. The Balaban J connectivity index is 3.37. The molecule has 0 aliphatic heterocycles. The largest absolute Gasteiger partial charge is 0.573 e. The average molecular weight is 280 g/mol. The second kappa shape index (κ2) is 5.74. The number of aromatic nitrogens is 1. The third-order valence-electron chi connectivity index (χ3n) is 1.99. The van der Waals surface area contributed by atoms with E-state index in [2.05, 4.69) is 14.5 Å². The highest BCUT2D eigenvalue weighted by atomic mass is 19.4. The van der Waals surface area contributed by atoms with Gasteiger partial charge in [-0.25, -0.2) is 4.79 Å². The number of H-pyrrole nitrogens is 1. The first-order chi connectivity index (χ1) is 8.78. The monoisotopic (exact) mass is 280 g/mol. The van der Waals surface area contributed by atoms with E-state index >= 15 is 0 Å². The molecular weight excluding hydrogens is 269 g/mol. The van der Waals surface area contributed by atoms with Crippen LogP contribution in [-0.4, -0.2) is 23.9 Å². The highest BCUT2D eigenvalue weighted by molar-refractivity contribution is 5.93. The molecule has 9 heteroatoms. The summed E-state index contributed by atoms with van der Waals surface area (Å²) >= 11 is 0. The first-order valence-electron chi connectivity index (χ1n) is 5.17. The van der Waals surface area contributed by atoms with Crippen LogP contribution in [0.1, 0.15) is 23.0 Å². The van der Waals surface area contributed by atoms with Crippen molar-refractivity contribution in [1.29, 1.82) is 0 Å². The number of alkyl halides is 3. The van der Waals surface area contributed by atoms with Crippen molar-refractivity contribution in [1.82, 2.24) is 4.98 Å². The fourth-order valence-corrected chi connectivity index (χ4v) is 1.37. The number of hydrogen-bond donors (Lipinski definition) is 2. The van der Waals surface area contributed by atoms with Crippen LogP contribution >= 0.6 is 0 Å². The lowest BCUT2D eigenvalue weighted by atomic mass is 10.1. The van der Waals surface area contributed by atoms with Crippen molar-refractivity contribution >= 4 is 5.97 Å². The molecule has 0 fully saturated rings. The summed E-state index contributed by atoms with van der Waals surface area (Å²) in [4.78, 5) is 24.9. The van der Waals surface area contributed by atoms with Crippen LogP contribution < -0.4 is 16.0 Å². The lowest BCUT2D eigenvalue weighted by Gasteiger charge is -2.14. The van der Waals surface area contributed by atoms with Gasteiger partial charge in [-0.05, 0) is 6.92 Å². The van der Waals surface area contributed by atoms with Gasteiger partial charge in [-0.1, -0.05) is 0 Å². The molecule has 0 aromatic carbocycles. The number of ether oxygens (including phenoxy) is 2. The van der Waals surface area contributed by atoms with Gasteiger partial charge in [0.05, 0.1) is 6.61 Å². The van der Waals surface area contributed by atoms with Crippen LogP contribution in [0.15, 0.2) is 10.9 Å². The van der Waals surface area contributed by atoms with Gasteiger partial charge in [0.2, 0.25) is 0 Å². The van der Waals surface area contributed by atoms with E-state index in [-0.39, 0.29) is 18.8 Å². The number of rotatable bonds is 4. The van der Waals surface area contributed by atoms with Crippen LogP contribution in [0.4, 0.5) is 13.2 Å². The maximum atomic E-state index is 12.2. The van der Waals surface area contributed by atoms with Gasteiger partial charge >= 0.3 is 12.3 Å². The molecule has 0 aliphatic carbocycles. The Morgan fingerprint density at radius 1 is 1.47 bits per heavy atom. The van der Waals surface area contributed by atoms with Gasteiger partial charge in [0, 0.05) is 18.3 Å². The minimum Gasteiger partial charge on any atom is -0.462 e. The Labute approximate surface area is 105 Å². The smallest absolute Gasteiger partial charge is 0.462 e. The maximum Gasteiger partial charge on any atom is 0.573 e. The van der Waals surface area contributed by atoms with E-state index in [0.29, 0.717) is 6.07 Å². The van der Waals surface area contributed by atoms with E-state index in [1.807, 2.05) is 0 Å². The van der Waals surface area contributed by atoms with E-state index in [1.165, 1.54) is 6.92 Å². The summed E-state index contributed by atoms with van der Waals surface area (Å²) in [6, 6.07) is 0.513. The van der Waals surface area contributed by atoms with Crippen molar-refractivity contribution in [3.05, 3.63) is 27.7 Å². The summed E-state index contributed by atoms with van der Waals surface area (Å²) in [5.41, 5.74) is 3.67. The molecule has 0 radical (unpaired) electrons. The summed E-state index contributed by atoms with van der Waals surface area (Å²) in [5, 5.41) is 0. The van der Waals surface area contributed by atoms with Gasteiger partial charge in [0.1, 0.15) is 5.56 Å². The predicted octanol–water partition coefficient (Wildman–Crippen LogP) is 0.909. The van der Waals surface area contributed by atoms with Crippen molar-refractivity contribution in [2.24, 2.45) is 5.73 Å².